The van der Waals surface area contributed by atoms with Crippen molar-refractivity contribution in [3.05, 3.63) is 78.2 Å². The van der Waals surface area contributed by atoms with Crippen LogP contribution < -0.4 is 10.0 Å². The molecule has 0 atom stereocenters. The van der Waals surface area contributed by atoms with E-state index in [2.05, 4.69) is 15.4 Å². The van der Waals surface area contributed by atoms with E-state index < -0.39 is 28.7 Å². The third-order valence-electron chi connectivity index (χ3n) is 4.88. The first-order valence-electron chi connectivity index (χ1n) is 9.90. The number of pyridine rings is 1. The Bertz CT molecular complexity index is 1470. The number of amides is 1. The predicted octanol–water partition coefficient (Wildman–Crippen LogP) is 3.82. The number of anilines is 1. The lowest BCUT2D eigenvalue weighted by molar-refractivity contribution is -0.121. The molecule has 12 heteroatoms. The summed E-state index contributed by atoms with van der Waals surface area (Å²) in [5.41, 5.74) is 2.04. The number of hydrogen-bond acceptors (Lipinski definition) is 5. The predicted molar refractivity (Wildman–Crippen MR) is 119 cm³/mol. The topological polar surface area (TPSA) is 106 Å². The first kappa shape index (κ1) is 23.4. The van der Waals surface area contributed by atoms with Crippen LogP contribution in [0.3, 0.4) is 0 Å². The fourth-order valence-corrected chi connectivity index (χ4v) is 4.50. The minimum atomic E-state index is -4.70. The van der Waals surface area contributed by atoms with Crippen molar-refractivity contribution in [2.24, 2.45) is 0 Å². The van der Waals surface area contributed by atoms with Gasteiger partial charge in [-0.3, -0.25) is 9.78 Å². The number of hydrogen-bond donors (Lipinski definition) is 2. The molecule has 0 spiro atoms. The van der Waals surface area contributed by atoms with Gasteiger partial charge in [-0.1, -0.05) is 6.07 Å². The van der Waals surface area contributed by atoms with Crippen LogP contribution in [0.1, 0.15) is 15.9 Å². The number of rotatable bonds is 6. The molecule has 2 N–H and O–H groups in total. The van der Waals surface area contributed by atoms with Crippen LogP contribution in [0.2, 0.25) is 0 Å². The molecule has 2 heterocycles. The number of aryl methyl sites for hydroxylation is 1. The first-order chi connectivity index (χ1) is 16.0. The molecule has 0 saturated heterocycles. The Morgan fingerprint density at radius 3 is 2.62 bits per heavy atom. The highest BCUT2D eigenvalue weighted by Crippen LogP contribution is 2.23. The van der Waals surface area contributed by atoms with Crippen molar-refractivity contribution in [1.29, 1.82) is 0 Å². The molecule has 176 valence electrons. The average Bonchev–Trinajstić information content (AvgIpc) is 3.22. The maximum absolute atomic E-state index is 12.8. The standard InChI is InChI=1S/C22H18F3N5O3S/c1-14-4-6-17(10-20(14)34(32,33)27-13-22(23,24)25)28-21(31)15-5-7-19-16(9-15)12-30(29-19)18-3-2-8-26-11-18/h2-12,27H,13H2,1H3,(H,28,31). The Labute approximate surface area is 192 Å². The Hall–Kier alpha value is -3.77. The second kappa shape index (κ2) is 8.88. The molecular formula is C22H18F3N5O3S. The van der Waals surface area contributed by atoms with E-state index >= 15 is 0 Å². The number of carbonyl (C=O) groups excluding carboxylic acids is 1. The zero-order valence-electron chi connectivity index (χ0n) is 17.7. The molecule has 0 aliphatic carbocycles. The molecule has 0 fully saturated rings. The van der Waals surface area contributed by atoms with Gasteiger partial charge in [-0.05, 0) is 55.0 Å². The summed E-state index contributed by atoms with van der Waals surface area (Å²) < 4.78 is 65.2. The minimum absolute atomic E-state index is 0.120. The molecule has 4 aromatic rings. The SMILES string of the molecule is Cc1ccc(NC(=O)c2ccc3nn(-c4cccnc4)cc3c2)cc1S(=O)(=O)NCC(F)(F)F. The molecule has 2 aromatic carbocycles. The number of fused-ring (bicyclic) bond motifs is 1. The second-order valence-corrected chi connectivity index (χ2v) is 9.17. The fraction of sp³-hybridized carbons (Fsp3) is 0.136. The quantitative estimate of drug-likeness (QED) is 0.428. The molecular weight excluding hydrogens is 471 g/mol. The van der Waals surface area contributed by atoms with Gasteiger partial charge in [-0.15, -0.1) is 0 Å². The number of nitrogens with one attached hydrogen (secondary N) is 2. The Balaban J connectivity index is 1.56. The summed E-state index contributed by atoms with van der Waals surface area (Å²) in [6.07, 6.45) is 0.331. The van der Waals surface area contributed by atoms with Crippen LogP contribution in [-0.4, -0.2) is 41.8 Å². The van der Waals surface area contributed by atoms with E-state index in [-0.39, 0.29) is 16.1 Å². The highest BCUT2D eigenvalue weighted by atomic mass is 32.2. The van der Waals surface area contributed by atoms with Crippen molar-refractivity contribution >= 4 is 32.5 Å². The van der Waals surface area contributed by atoms with Crippen LogP contribution in [0, 0.1) is 6.92 Å². The van der Waals surface area contributed by atoms with Gasteiger partial charge in [0, 0.05) is 29.0 Å². The van der Waals surface area contributed by atoms with Crippen LogP contribution >= 0.6 is 0 Å². The molecule has 0 aliphatic rings. The highest BCUT2D eigenvalue weighted by molar-refractivity contribution is 7.89. The fourth-order valence-electron chi connectivity index (χ4n) is 3.21. The first-order valence-corrected chi connectivity index (χ1v) is 11.4. The number of nitrogens with zero attached hydrogens (tertiary/aromatic N) is 3. The summed E-state index contributed by atoms with van der Waals surface area (Å²) in [5.74, 6) is -0.522. The van der Waals surface area contributed by atoms with Crippen molar-refractivity contribution in [3.8, 4) is 5.69 Å². The molecule has 1 amide bonds. The number of benzene rings is 2. The van der Waals surface area contributed by atoms with Gasteiger partial charge in [0.05, 0.1) is 22.3 Å². The highest BCUT2D eigenvalue weighted by Gasteiger charge is 2.30. The molecule has 2 aromatic heterocycles. The van der Waals surface area contributed by atoms with Gasteiger partial charge in [0.1, 0.15) is 6.54 Å². The van der Waals surface area contributed by atoms with Crippen LogP contribution in [0.15, 0.2) is 72.0 Å². The summed E-state index contributed by atoms with van der Waals surface area (Å²) >= 11 is 0. The van der Waals surface area contributed by atoms with Crippen LogP contribution in [0.5, 0.6) is 0 Å². The average molecular weight is 489 g/mol. The summed E-state index contributed by atoms with van der Waals surface area (Å²) in [6.45, 7) is -0.250. The Morgan fingerprint density at radius 1 is 1.12 bits per heavy atom. The van der Waals surface area contributed by atoms with E-state index in [9.17, 15) is 26.4 Å². The molecule has 0 bridgehead atoms. The van der Waals surface area contributed by atoms with Gasteiger partial charge in [0.25, 0.3) is 5.91 Å². The monoisotopic (exact) mass is 489 g/mol. The summed E-state index contributed by atoms with van der Waals surface area (Å²) in [6, 6.07) is 12.5. The van der Waals surface area contributed by atoms with Gasteiger partial charge in [-0.25, -0.2) is 17.8 Å². The molecule has 4 rings (SSSR count). The van der Waals surface area contributed by atoms with Crippen molar-refractivity contribution < 1.29 is 26.4 Å². The molecule has 34 heavy (non-hydrogen) atoms. The summed E-state index contributed by atoms with van der Waals surface area (Å²) in [4.78, 5) is 16.5. The number of aromatic nitrogens is 3. The van der Waals surface area contributed by atoms with E-state index in [4.69, 9.17) is 0 Å². The molecule has 0 radical (unpaired) electrons. The van der Waals surface area contributed by atoms with E-state index in [0.717, 1.165) is 11.8 Å². The lowest BCUT2D eigenvalue weighted by Gasteiger charge is -2.13. The number of alkyl halides is 3. The van der Waals surface area contributed by atoms with Crippen molar-refractivity contribution in [2.45, 2.75) is 18.0 Å². The van der Waals surface area contributed by atoms with E-state index in [1.54, 1.807) is 47.5 Å². The van der Waals surface area contributed by atoms with E-state index in [1.807, 2.05) is 6.07 Å². The van der Waals surface area contributed by atoms with Crippen molar-refractivity contribution in [1.82, 2.24) is 19.5 Å². The molecule has 0 saturated carbocycles. The zero-order chi connectivity index (χ0) is 24.5. The Kier molecular flexibility index (Phi) is 6.11. The normalized spacial score (nSPS) is 12.1. The van der Waals surface area contributed by atoms with Crippen molar-refractivity contribution in [3.63, 3.8) is 0 Å². The lowest BCUT2D eigenvalue weighted by Crippen LogP contribution is -2.34. The summed E-state index contributed by atoms with van der Waals surface area (Å²) in [5, 5.41) is 7.72. The Morgan fingerprint density at radius 2 is 1.91 bits per heavy atom. The lowest BCUT2D eigenvalue weighted by atomic mass is 10.1. The molecule has 0 unspecified atom stereocenters. The van der Waals surface area contributed by atoms with Crippen LogP contribution in [-0.2, 0) is 10.0 Å². The van der Waals surface area contributed by atoms with Crippen LogP contribution in [0.4, 0.5) is 18.9 Å². The third kappa shape index (κ3) is 5.24. The maximum atomic E-state index is 12.8. The van der Waals surface area contributed by atoms with Gasteiger partial charge >= 0.3 is 6.18 Å². The van der Waals surface area contributed by atoms with Gasteiger partial charge in [-0.2, -0.15) is 18.3 Å². The summed E-state index contributed by atoms with van der Waals surface area (Å²) in [7, 11) is -4.44. The zero-order valence-corrected chi connectivity index (χ0v) is 18.5. The van der Waals surface area contributed by atoms with Crippen molar-refractivity contribution in [2.75, 3.05) is 11.9 Å². The number of halogens is 3. The molecule has 8 nitrogen and oxygen atoms in total. The van der Waals surface area contributed by atoms with E-state index in [0.29, 0.717) is 16.5 Å². The van der Waals surface area contributed by atoms with Gasteiger partial charge in [0.2, 0.25) is 10.0 Å². The third-order valence-corrected chi connectivity index (χ3v) is 6.42. The smallest absolute Gasteiger partial charge is 0.322 e. The molecule has 0 aliphatic heterocycles. The van der Waals surface area contributed by atoms with Gasteiger partial charge in [0.15, 0.2) is 0 Å². The number of carbonyl (C=O) groups is 1. The largest absolute Gasteiger partial charge is 0.402 e. The minimum Gasteiger partial charge on any atom is -0.322 e. The van der Waals surface area contributed by atoms with E-state index in [1.165, 1.54) is 23.8 Å². The van der Waals surface area contributed by atoms with Gasteiger partial charge < -0.3 is 5.32 Å². The second-order valence-electron chi connectivity index (χ2n) is 7.43. The maximum Gasteiger partial charge on any atom is 0.402 e. The van der Waals surface area contributed by atoms with Crippen LogP contribution in [0.25, 0.3) is 16.6 Å². The number of sulfonamides is 1.